The minimum Gasteiger partial charge on any atom is -0.406 e. The highest BCUT2D eigenvalue weighted by atomic mass is 16.6. The Morgan fingerprint density at radius 1 is 0.950 bits per heavy atom. The van der Waals surface area contributed by atoms with Gasteiger partial charge in [-0.1, -0.05) is 61.2 Å². The summed E-state index contributed by atoms with van der Waals surface area (Å²) >= 11 is 0. The van der Waals surface area contributed by atoms with Crippen LogP contribution in [-0.4, -0.2) is 11.9 Å². The van der Waals surface area contributed by atoms with Gasteiger partial charge in [0.25, 0.3) is 0 Å². The third-order valence-electron chi connectivity index (χ3n) is 3.12. The molecule has 3 heteroatoms. The van der Waals surface area contributed by atoms with Crippen molar-refractivity contribution in [2.75, 3.05) is 0 Å². The summed E-state index contributed by atoms with van der Waals surface area (Å²) in [7, 11) is 0. The number of benzene rings is 2. The third kappa shape index (κ3) is 2.52. The Kier molecular flexibility index (Phi) is 3.17. The van der Waals surface area contributed by atoms with Gasteiger partial charge < -0.3 is 4.74 Å². The van der Waals surface area contributed by atoms with Crippen LogP contribution < -0.4 is 0 Å². The molecule has 1 aliphatic heterocycles. The van der Waals surface area contributed by atoms with Gasteiger partial charge in [0.1, 0.15) is 5.70 Å². The van der Waals surface area contributed by atoms with E-state index in [-0.39, 0.29) is 5.70 Å². The zero-order chi connectivity index (χ0) is 13.9. The molecule has 0 fully saturated rings. The fraction of sp³-hybridized carbons (Fsp3) is 0.0588. The average Bonchev–Trinajstić information content (AvgIpc) is 2.79. The molecule has 98 valence electrons. The second kappa shape index (κ2) is 5.13. The van der Waals surface area contributed by atoms with Crippen molar-refractivity contribution in [2.24, 2.45) is 4.99 Å². The van der Waals surface area contributed by atoms with E-state index in [1.54, 1.807) is 0 Å². The van der Waals surface area contributed by atoms with Crippen molar-refractivity contribution in [3.63, 3.8) is 0 Å². The van der Waals surface area contributed by atoms with Gasteiger partial charge in [0.15, 0.2) is 0 Å². The van der Waals surface area contributed by atoms with Crippen LogP contribution in [0.15, 0.2) is 71.9 Å². The fourth-order valence-electron chi connectivity index (χ4n) is 2.08. The van der Waals surface area contributed by atoms with Gasteiger partial charge in [0, 0.05) is 6.42 Å². The number of hydrogen-bond acceptors (Lipinski definition) is 3. The molecule has 0 N–H and O–H groups in total. The summed E-state index contributed by atoms with van der Waals surface area (Å²) in [5, 5.41) is 0. The SMILES string of the molecule is C=C1N=C(Cc2ccc(-c3ccccc3)cc2)OC1=O. The molecule has 0 aliphatic carbocycles. The smallest absolute Gasteiger partial charge is 0.362 e. The van der Waals surface area contributed by atoms with Gasteiger partial charge in [-0.3, -0.25) is 0 Å². The lowest BCUT2D eigenvalue weighted by Gasteiger charge is -2.04. The van der Waals surface area contributed by atoms with Crippen LogP contribution >= 0.6 is 0 Å². The lowest BCUT2D eigenvalue weighted by molar-refractivity contribution is -0.130. The summed E-state index contributed by atoms with van der Waals surface area (Å²) in [5.74, 6) is -0.0478. The first-order chi connectivity index (χ1) is 9.72. The monoisotopic (exact) mass is 263 g/mol. The molecule has 0 saturated heterocycles. The summed E-state index contributed by atoms with van der Waals surface area (Å²) in [5.41, 5.74) is 3.55. The minimum absolute atomic E-state index is 0.168. The number of cyclic esters (lactones) is 1. The normalized spacial score (nSPS) is 14.1. The van der Waals surface area contributed by atoms with Crippen LogP contribution in [0.5, 0.6) is 0 Å². The third-order valence-corrected chi connectivity index (χ3v) is 3.12. The Bertz CT molecular complexity index is 685. The average molecular weight is 263 g/mol. The first kappa shape index (κ1) is 12.4. The molecule has 2 aromatic rings. The minimum atomic E-state index is -0.457. The van der Waals surface area contributed by atoms with Crippen LogP contribution in [0.3, 0.4) is 0 Å². The Balaban J connectivity index is 1.76. The van der Waals surface area contributed by atoms with Crippen LogP contribution in [0, 0.1) is 0 Å². The molecule has 0 unspecified atom stereocenters. The van der Waals surface area contributed by atoms with Gasteiger partial charge >= 0.3 is 5.97 Å². The summed E-state index contributed by atoms with van der Waals surface area (Å²) < 4.78 is 5.00. The lowest BCUT2D eigenvalue weighted by Crippen LogP contribution is -2.06. The maximum atomic E-state index is 11.2. The highest BCUT2D eigenvalue weighted by Crippen LogP contribution is 2.20. The van der Waals surface area contributed by atoms with Crippen LogP contribution in [-0.2, 0) is 16.0 Å². The molecule has 0 radical (unpaired) electrons. The van der Waals surface area contributed by atoms with E-state index in [9.17, 15) is 4.79 Å². The molecule has 1 aliphatic rings. The van der Waals surface area contributed by atoms with Gasteiger partial charge in [-0.25, -0.2) is 9.79 Å². The summed E-state index contributed by atoms with van der Waals surface area (Å²) in [6.45, 7) is 3.52. The summed E-state index contributed by atoms with van der Waals surface area (Å²) in [6.07, 6.45) is 0.500. The van der Waals surface area contributed by atoms with Crippen LogP contribution in [0.2, 0.25) is 0 Å². The highest BCUT2D eigenvalue weighted by Gasteiger charge is 2.20. The standard InChI is InChI=1S/C17H13NO2/c1-12-17(19)20-16(18-12)11-13-7-9-15(10-8-13)14-5-3-2-4-6-14/h2-10H,1,11H2. The van der Waals surface area contributed by atoms with Crippen molar-refractivity contribution in [3.8, 4) is 11.1 Å². The van der Waals surface area contributed by atoms with Gasteiger partial charge in [-0.2, -0.15) is 0 Å². The molecule has 0 amide bonds. The van der Waals surface area contributed by atoms with E-state index in [4.69, 9.17) is 4.74 Å². The van der Waals surface area contributed by atoms with E-state index in [0.29, 0.717) is 12.3 Å². The first-order valence-electron chi connectivity index (χ1n) is 6.35. The molecule has 2 aromatic carbocycles. The molecule has 0 spiro atoms. The van der Waals surface area contributed by atoms with Crippen molar-refractivity contribution in [3.05, 3.63) is 72.4 Å². The maximum Gasteiger partial charge on any atom is 0.362 e. The number of nitrogens with zero attached hydrogens (tertiary/aromatic N) is 1. The fourth-order valence-corrected chi connectivity index (χ4v) is 2.08. The maximum absolute atomic E-state index is 11.2. The molecule has 20 heavy (non-hydrogen) atoms. The first-order valence-corrected chi connectivity index (χ1v) is 6.35. The van der Waals surface area contributed by atoms with Crippen LogP contribution in [0.25, 0.3) is 11.1 Å². The van der Waals surface area contributed by atoms with E-state index < -0.39 is 5.97 Å². The van der Waals surface area contributed by atoms with E-state index in [0.717, 1.165) is 11.1 Å². The van der Waals surface area contributed by atoms with Gasteiger partial charge in [-0.15, -0.1) is 0 Å². The van der Waals surface area contributed by atoms with Gasteiger partial charge in [-0.05, 0) is 16.7 Å². The summed E-state index contributed by atoms with van der Waals surface area (Å²) in [6, 6.07) is 18.3. The Labute approximate surface area is 117 Å². The molecular weight excluding hydrogens is 250 g/mol. The van der Waals surface area contributed by atoms with Crippen LogP contribution in [0.1, 0.15) is 5.56 Å². The van der Waals surface area contributed by atoms with Crippen molar-refractivity contribution < 1.29 is 9.53 Å². The number of rotatable bonds is 3. The topological polar surface area (TPSA) is 38.7 Å². The second-order valence-corrected chi connectivity index (χ2v) is 4.58. The number of carbonyl (C=O) groups excluding carboxylic acids is 1. The molecule has 3 rings (SSSR count). The molecule has 0 bridgehead atoms. The quantitative estimate of drug-likeness (QED) is 0.629. The highest BCUT2D eigenvalue weighted by molar-refractivity contribution is 6.04. The van der Waals surface area contributed by atoms with Crippen LogP contribution in [0.4, 0.5) is 0 Å². The van der Waals surface area contributed by atoms with Gasteiger partial charge in [0.2, 0.25) is 5.90 Å². The number of aliphatic imine (C=N–C) groups is 1. The Hall–Kier alpha value is -2.68. The molecule has 0 atom stereocenters. The van der Waals surface area contributed by atoms with E-state index in [2.05, 4.69) is 35.8 Å². The molecule has 1 heterocycles. The largest absolute Gasteiger partial charge is 0.406 e. The predicted octanol–water partition coefficient (Wildman–Crippen LogP) is 3.37. The predicted molar refractivity (Wildman–Crippen MR) is 78.2 cm³/mol. The molecule has 0 aromatic heterocycles. The van der Waals surface area contributed by atoms with E-state index in [1.165, 1.54) is 5.56 Å². The van der Waals surface area contributed by atoms with E-state index in [1.807, 2.05) is 30.3 Å². The number of esters is 1. The van der Waals surface area contributed by atoms with E-state index >= 15 is 0 Å². The number of hydrogen-bond donors (Lipinski definition) is 0. The van der Waals surface area contributed by atoms with Crippen molar-refractivity contribution >= 4 is 11.9 Å². The zero-order valence-corrected chi connectivity index (χ0v) is 10.9. The lowest BCUT2D eigenvalue weighted by atomic mass is 10.0. The molecule has 0 saturated carbocycles. The Morgan fingerprint density at radius 3 is 2.20 bits per heavy atom. The number of ether oxygens (including phenoxy) is 1. The van der Waals surface area contributed by atoms with Crippen molar-refractivity contribution in [1.29, 1.82) is 0 Å². The van der Waals surface area contributed by atoms with Crippen molar-refractivity contribution in [1.82, 2.24) is 0 Å². The van der Waals surface area contributed by atoms with Crippen molar-refractivity contribution in [2.45, 2.75) is 6.42 Å². The van der Waals surface area contributed by atoms with Gasteiger partial charge in [0.05, 0.1) is 0 Å². The second-order valence-electron chi connectivity index (χ2n) is 4.58. The molecular formula is C17H13NO2. The zero-order valence-electron chi connectivity index (χ0n) is 10.9. The summed E-state index contributed by atoms with van der Waals surface area (Å²) in [4.78, 5) is 15.2. The Morgan fingerprint density at radius 2 is 1.60 bits per heavy atom. The number of carbonyl (C=O) groups is 1. The molecule has 3 nitrogen and oxygen atoms in total.